The highest BCUT2D eigenvalue weighted by Crippen LogP contribution is 2.48. The van der Waals surface area contributed by atoms with Gasteiger partial charge in [0.05, 0.1) is 19.3 Å². The Morgan fingerprint density at radius 3 is 2.74 bits per heavy atom. The van der Waals surface area contributed by atoms with E-state index in [2.05, 4.69) is 10.3 Å². The quantitative estimate of drug-likeness (QED) is 0.658. The standard InChI is InChI=1S/C18H20FN3O/c1-23-16-8-3-2-7-15(16)22-17(20)21-12-18(9-10-18)13-5-4-6-14(19)11-13/h2-8,11H,9-10,12H2,1H3,(H3,20,21,22). The van der Waals surface area contributed by atoms with Gasteiger partial charge in [-0.1, -0.05) is 24.3 Å². The molecule has 0 atom stereocenters. The van der Waals surface area contributed by atoms with Gasteiger partial charge in [0.25, 0.3) is 0 Å². The Labute approximate surface area is 135 Å². The summed E-state index contributed by atoms with van der Waals surface area (Å²) >= 11 is 0. The van der Waals surface area contributed by atoms with Crippen LogP contribution >= 0.6 is 0 Å². The summed E-state index contributed by atoms with van der Waals surface area (Å²) in [5.41, 5.74) is 7.67. The van der Waals surface area contributed by atoms with Crippen LogP contribution in [0.3, 0.4) is 0 Å². The summed E-state index contributed by atoms with van der Waals surface area (Å²) < 4.78 is 18.7. The fraction of sp³-hybridized carbons (Fsp3) is 0.278. The fourth-order valence-corrected chi connectivity index (χ4v) is 2.67. The van der Waals surface area contributed by atoms with Crippen molar-refractivity contribution in [1.29, 1.82) is 0 Å². The monoisotopic (exact) mass is 313 g/mol. The molecule has 0 saturated heterocycles. The maximum Gasteiger partial charge on any atom is 0.193 e. The molecule has 0 heterocycles. The molecule has 3 rings (SSSR count). The van der Waals surface area contributed by atoms with Gasteiger partial charge in [0.1, 0.15) is 11.6 Å². The first-order valence-electron chi connectivity index (χ1n) is 7.59. The van der Waals surface area contributed by atoms with Gasteiger partial charge in [-0.2, -0.15) is 0 Å². The van der Waals surface area contributed by atoms with Crippen LogP contribution in [0.4, 0.5) is 10.1 Å². The summed E-state index contributed by atoms with van der Waals surface area (Å²) in [6, 6.07) is 14.3. The molecule has 1 aliphatic carbocycles. The second-order valence-electron chi connectivity index (χ2n) is 5.82. The van der Waals surface area contributed by atoms with Crippen molar-refractivity contribution in [3.63, 3.8) is 0 Å². The normalized spacial score (nSPS) is 16.0. The Kier molecular flexibility index (Phi) is 4.19. The van der Waals surface area contributed by atoms with Crippen LogP contribution in [0.2, 0.25) is 0 Å². The first-order chi connectivity index (χ1) is 11.1. The van der Waals surface area contributed by atoms with Gasteiger partial charge in [-0.3, -0.25) is 4.99 Å². The molecule has 2 aromatic carbocycles. The lowest BCUT2D eigenvalue weighted by Crippen LogP contribution is -2.25. The number of para-hydroxylation sites is 2. The minimum absolute atomic E-state index is 0.0742. The summed E-state index contributed by atoms with van der Waals surface area (Å²) in [7, 11) is 1.61. The molecule has 5 heteroatoms. The third-order valence-corrected chi connectivity index (χ3v) is 4.21. The Balaban J connectivity index is 1.70. The van der Waals surface area contributed by atoms with Crippen molar-refractivity contribution in [3.05, 3.63) is 59.9 Å². The Morgan fingerprint density at radius 1 is 1.26 bits per heavy atom. The maximum atomic E-state index is 13.4. The summed E-state index contributed by atoms with van der Waals surface area (Å²) in [4.78, 5) is 4.44. The van der Waals surface area contributed by atoms with Crippen molar-refractivity contribution in [2.75, 3.05) is 19.0 Å². The van der Waals surface area contributed by atoms with Gasteiger partial charge in [0.2, 0.25) is 0 Å². The zero-order valence-electron chi connectivity index (χ0n) is 13.1. The van der Waals surface area contributed by atoms with Crippen molar-refractivity contribution in [2.45, 2.75) is 18.3 Å². The van der Waals surface area contributed by atoms with E-state index in [1.165, 1.54) is 6.07 Å². The van der Waals surface area contributed by atoms with Gasteiger partial charge >= 0.3 is 0 Å². The lowest BCUT2D eigenvalue weighted by molar-refractivity contribution is 0.417. The van der Waals surface area contributed by atoms with Crippen LogP contribution in [-0.4, -0.2) is 19.6 Å². The number of aliphatic imine (C=N–C) groups is 1. The third kappa shape index (κ3) is 3.44. The van der Waals surface area contributed by atoms with Gasteiger partial charge in [0.15, 0.2) is 5.96 Å². The van der Waals surface area contributed by atoms with E-state index in [1.54, 1.807) is 19.2 Å². The SMILES string of the molecule is COc1ccccc1NC(N)=NCC1(c2cccc(F)c2)CC1. The van der Waals surface area contributed by atoms with Gasteiger partial charge < -0.3 is 15.8 Å². The number of hydrogen-bond donors (Lipinski definition) is 2. The molecule has 0 spiro atoms. The van der Waals surface area contributed by atoms with Gasteiger partial charge in [0, 0.05) is 5.41 Å². The first-order valence-corrected chi connectivity index (χ1v) is 7.59. The van der Waals surface area contributed by atoms with Gasteiger partial charge in [-0.15, -0.1) is 0 Å². The number of nitrogens with one attached hydrogen (secondary N) is 1. The van der Waals surface area contributed by atoms with Crippen LogP contribution < -0.4 is 15.8 Å². The molecule has 1 saturated carbocycles. The smallest absolute Gasteiger partial charge is 0.193 e. The van der Waals surface area contributed by atoms with Crippen LogP contribution in [0.15, 0.2) is 53.5 Å². The van der Waals surface area contributed by atoms with E-state index in [0.29, 0.717) is 18.3 Å². The number of rotatable bonds is 5. The summed E-state index contributed by atoms with van der Waals surface area (Å²) in [6.07, 6.45) is 2.00. The predicted octanol–water partition coefficient (Wildman–Crippen LogP) is 3.29. The molecule has 1 aliphatic rings. The highest BCUT2D eigenvalue weighted by atomic mass is 19.1. The highest BCUT2D eigenvalue weighted by molar-refractivity contribution is 5.93. The topological polar surface area (TPSA) is 59.6 Å². The van der Waals surface area contributed by atoms with E-state index in [9.17, 15) is 4.39 Å². The Hall–Kier alpha value is -2.56. The average Bonchev–Trinajstić information content (AvgIpc) is 3.35. The van der Waals surface area contributed by atoms with Gasteiger partial charge in [-0.05, 0) is 42.7 Å². The molecule has 0 unspecified atom stereocenters. The van der Waals surface area contributed by atoms with Crippen LogP contribution in [0.5, 0.6) is 5.75 Å². The Bertz CT molecular complexity index is 726. The van der Waals surface area contributed by atoms with E-state index in [-0.39, 0.29) is 11.2 Å². The van der Waals surface area contributed by atoms with Crippen LogP contribution in [0.1, 0.15) is 18.4 Å². The second-order valence-corrected chi connectivity index (χ2v) is 5.82. The lowest BCUT2D eigenvalue weighted by atomic mass is 9.96. The predicted molar refractivity (Wildman–Crippen MR) is 90.4 cm³/mol. The van der Waals surface area contributed by atoms with Crippen molar-refractivity contribution in [1.82, 2.24) is 0 Å². The first kappa shape index (κ1) is 15.3. The van der Waals surface area contributed by atoms with Crippen molar-refractivity contribution >= 4 is 11.6 Å². The van der Waals surface area contributed by atoms with Crippen LogP contribution in [-0.2, 0) is 5.41 Å². The number of benzene rings is 2. The van der Waals surface area contributed by atoms with Crippen molar-refractivity contribution in [2.24, 2.45) is 10.7 Å². The number of anilines is 1. The number of halogens is 1. The Morgan fingerprint density at radius 2 is 2.04 bits per heavy atom. The zero-order chi connectivity index (χ0) is 16.3. The molecule has 0 aliphatic heterocycles. The van der Waals surface area contributed by atoms with E-state index >= 15 is 0 Å². The largest absolute Gasteiger partial charge is 0.495 e. The molecule has 3 N–H and O–H groups in total. The number of hydrogen-bond acceptors (Lipinski definition) is 2. The summed E-state index contributed by atoms with van der Waals surface area (Å²) in [6.45, 7) is 0.546. The number of nitrogens with zero attached hydrogens (tertiary/aromatic N) is 1. The molecule has 1 fully saturated rings. The maximum absolute atomic E-state index is 13.4. The molecular weight excluding hydrogens is 293 g/mol. The summed E-state index contributed by atoms with van der Waals surface area (Å²) in [5.74, 6) is 0.826. The molecule has 0 aromatic heterocycles. The minimum atomic E-state index is -0.210. The fourth-order valence-electron chi connectivity index (χ4n) is 2.67. The number of ether oxygens (including phenoxy) is 1. The molecule has 0 amide bonds. The number of methoxy groups -OCH3 is 1. The van der Waals surface area contributed by atoms with Crippen LogP contribution in [0.25, 0.3) is 0 Å². The number of nitrogens with two attached hydrogens (primary N) is 1. The molecular formula is C18H20FN3O. The van der Waals surface area contributed by atoms with E-state index < -0.39 is 0 Å². The number of guanidine groups is 1. The highest BCUT2D eigenvalue weighted by Gasteiger charge is 2.44. The summed E-state index contributed by atoms with van der Waals surface area (Å²) in [5, 5.41) is 3.05. The molecule has 4 nitrogen and oxygen atoms in total. The molecule has 0 bridgehead atoms. The lowest BCUT2D eigenvalue weighted by Gasteiger charge is -2.14. The van der Waals surface area contributed by atoms with E-state index in [4.69, 9.17) is 10.5 Å². The molecule has 23 heavy (non-hydrogen) atoms. The minimum Gasteiger partial charge on any atom is -0.495 e. The molecule has 0 radical (unpaired) electrons. The molecule has 2 aromatic rings. The third-order valence-electron chi connectivity index (χ3n) is 4.21. The second kappa shape index (κ2) is 6.28. The van der Waals surface area contributed by atoms with E-state index in [1.807, 2.05) is 30.3 Å². The molecule has 120 valence electrons. The van der Waals surface area contributed by atoms with Gasteiger partial charge in [-0.25, -0.2) is 4.39 Å². The average molecular weight is 313 g/mol. The zero-order valence-corrected chi connectivity index (χ0v) is 13.1. The van der Waals surface area contributed by atoms with Crippen molar-refractivity contribution < 1.29 is 9.13 Å². The van der Waals surface area contributed by atoms with E-state index in [0.717, 1.165) is 24.1 Å². The van der Waals surface area contributed by atoms with Crippen molar-refractivity contribution in [3.8, 4) is 5.75 Å². The van der Waals surface area contributed by atoms with Crippen LogP contribution in [0, 0.1) is 5.82 Å².